The number of hydrogen-bond donors (Lipinski definition) is 1. The molecule has 0 radical (unpaired) electrons. The van der Waals surface area contributed by atoms with Gasteiger partial charge in [-0.1, -0.05) is 38.1 Å². The normalized spacial score (nSPS) is 16.8. The molecule has 0 spiro atoms. The number of ether oxygens (including phenoxy) is 1. The van der Waals surface area contributed by atoms with E-state index in [1.165, 1.54) is 11.1 Å². The smallest absolute Gasteiger partial charge is 0.146 e. The fourth-order valence-corrected chi connectivity index (χ4v) is 3.35. The van der Waals surface area contributed by atoms with Gasteiger partial charge in [0.2, 0.25) is 0 Å². The minimum Gasteiger partial charge on any atom is -0.508 e. The molecule has 0 bridgehead atoms. The van der Waals surface area contributed by atoms with Crippen molar-refractivity contribution in [3.05, 3.63) is 53.6 Å². The van der Waals surface area contributed by atoms with Gasteiger partial charge in [0.1, 0.15) is 17.6 Å². The quantitative estimate of drug-likeness (QED) is 0.899. The van der Waals surface area contributed by atoms with E-state index in [-0.39, 0.29) is 11.9 Å². The third-order valence-corrected chi connectivity index (χ3v) is 4.44. The Labute approximate surface area is 138 Å². The van der Waals surface area contributed by atoms with Crippen LogP contribution in [0.2, 0.25) is 0 Å². The first kappa shape index (κ1) is 15.7. The number of aryl methyl sites for hydroxylation is 1. The topological polar surface area (TPSA) is 32.7 Å². The molecule has 0 saturated heterocycles. The SMILES string of the molecule is CCCN1CC(Cc2ccccc2CC)Oc2cc(O)ccc21. The zero-order valence-corrected chi connectivity index (χ0v) is 14.0. The van der Waals surface area contributed by atoms with Crippen LogP contribution in [0.15, 0.2) is 42.5 Å². The van der Waals surface area contributed by atoms with E-state index in [0.717, 1.165) is 43.8 Å². The highest BCUT2D eigenvalue weighted by Crippen LogP contribution is 2.37. The second-order valence-corrected chi connectivity index (χ2v) is 6.16. The van der Waals surface area contributed by atoms with E-state index >= 15 is 0 Å². The fourth-order valence-electron chi connectivity index (χ4n) is 3.35. The van der Waals surface area contributed by atoms with Gasteiger partial charge < -0.3 is 14.7 Å². The lowest BCUT2D eigenvalue weighted by molar-refractivity contribution is 0.192. The minimum atomic E-state index is 0.114. The highest BCUT2D eigenvalue weighted by molar-refractivity contribution is 5.62. The molecule has 0 fully saturated rings. The Hall–Kier alpha value is -2.16. The lowest BCUT2D eigenvalue weighted by Gasteiger charge is -2.36. The van der Waals surface area contributed by atoms with Crippen LogP contribution in [0.25, 0.3) is 0 Å². The van der Waals surface area contributed by atoms with Gasteiger partial charge in [0.25, 0.3) is 0 Å². The number of fused-ring (bicyclic) bond motifs is 1. The molecule has 3 nitrogen and oxygen atoms in total. The predicted octanol–water partition coefficient (Wildman–Crippen LogP) is 4.17. The Morgan fingerprint density at radius 2 is 1.91 bits per heavy atom. The van der Waals surface area contributed by atoms with Crippen LogP contribution in [0, 0.1) is 0 Å². The molecular weight excluding hydrogens is 286 g/mol. The fraction of sp³-hybridized carbons (Fsp3) is 0.400. The third-order valence-electron chi connectivity index (χ3n) is 4.44. The molecular formula is C20H25NO2. The summed E-state index contributed by atoms with van der Waals surface area (Å²) >= 11 is 0. The molecule has 1 aliphatic heterocycles. The van der Waals surface area contributed by atoms with Gasteiger partial charge in [0.05, 0.1) is 12.2 Å². The first-order valence-corrected chi connectivity index (χ1v) is 8.52. The van der Waals surface area contributed by atoms with E-state index < -0.39 is 0 Å². The van der Waals surface area contributed by atoms with Crippen LogP contribution in [-0.4, -0.2) is 24.3 Å². The maximum atomic E-state index is 9.76. The number of aromatic hydroxyl groups is 1. The Morgan fingerprint density at radius 1 is 1.13 bits per heavy atom. The number of phenols is 1. The van der Waals surface area contributed by atoms with Gasteiger partial charge in [-0.05, 0) is 36.1 Å². The van der Waals surface area contributed by atoms with Crippen LogP contribution in [0.4, 0.5) is 5.69 Å². The predicted molar refractivity (Wildman–Crippen MR) is 94.6 cm³/mol. The highest BCUT2D eigenvalue weighted by atomic mass is 16.5. The maximum Gasteiger partial charge on any atom is 0.146 e. The van der Waals surface area contributed by atoms with Crippen LogP contribution in [0.1, 0.15) is 31.4 Å². The Balaban J connectivity index is 1.84. The summed E-state index contributed by atoms with van der Waals surface area (Å²) in [6.07, 6.45) is 3.15. The summed E-state index contributed by atoms with van der Waals surface area (Å²) in [5, 5.41) is 9.76. The molecule has 2 aromatic carbocycles. The van der Waals surface area contributed by atoms with E-state index in [1.807, 2.05) is 6.07 Å². The molecule has 1 aliphatic rings. The number of phenolic OH excluding ortho intramolecular Hbond substituents is 1. The molecule has 1 heterocycles. The van der Waals surface area contributed by atoms with Crippen LogP contribution >= 0.6 is 0 Å². The second-order valence-electron chi connectivity index (χ2n) is 6.16. The average Bonchev–Trinajstić information content (AvgIpc) is 2.55. The molecule has 1 N–H and O–H groups in total. The third kappa shape index (κ3) is 3.44. The minimum absolute atomic E-state index is 0.114. The van der Waals surface area contributed by atoms with Gasteiger partial charge in [0.15, 0.2) is 0 Å². The summed E-state index contributed by atoms with van der Waals surface area (Å²) in [6.45, 7) is 6.28. The van der Waals surface area contributed by atoms with Gasteiger partial charge in [-0.2, -0.15) is 0 Å². The monoisotopic (exact) mass is 311 g/mol. The van der Waals surface area contributed by atoms with Crippen LogP contribution in [0.5, 0.6) is 11.5 Å². The number of rotatable bonds is 5. The van der Waals surface area contributed by atoms with Gasteiger partial charge in [-0.25, -0.2) is 0 Å². The number of benzene rings is 2. The van der Waals surface area contributed by atoms with E-state index in [4.69, 9.17) is 4.74 Å². The van der Waals surface area contributed by atoms with Crippen molar-refractivity contribution in [2.75, 3.05) is 18.0 Å². The molecule has 3 heteroatoms. The van der Waals surface area contributed by atoms with Gasteiger partial charge in [-0.3, -0.25) is 0 Å². The van der Waals surface area contributed by atoms with Crippen molar-refractivity contribution in [3.63, 3.8) is 0 Å². The summed E-state index contributed by atoms with van der Waals surface area (Å²) in [6, 6.07) is 14.0. The lowest BCUT2D eigenvalue weighted by Crippen LogP contribution is -2.41. The largest absolute Gasteiger partial charge is 0.508 e. The zero-order valence-electron chi connectivity index (χ0n) is 14.0. The molecule has 3 rings (SSSR count). The number of anilines is 1. The summed E-state index contributed by atoms with van der Waals surface area (Å²) in [5.41, 5.74) is 3.84. The first-order chi connectivity index (χ1) is 11.2. The van der Waals surface area contributed by atoms with Crippen molar-refractivity contribution >= 4 is 5.69 Å². The van der Waals surface area contributed by atoms with Crippen molar-refractivity contribution < 1.29 is 9.84 Å². The van der Waals surface area contributed by atoms with Crippen LogP contribution in [-0.2, 0) is 12.8 Å². The molecule has 1 atom stereocenters. The van der Waals surface area contributed by atoms with Crippen molar-refractivity contribution in [2.24, 2.45) is 0 Å². The Bertz CT molecular complexity index is 668. The Morgan fingerprint density at radius 3 is 2.65 bits per heavy atom. The standard InChI is InChI=1S/C20H25NO2/c1-3-11-21-14-18(12-16-8-6-5-7-15(16)4-2)23-20-13-17(22)9-10-19(20)21/h5-10,13,18,22H,3-4,11-12,14H2,1-2H3. The van der Waals surface area contributed by atoms with Crippen molar-refractivity contribution in [2.45, 2.75) is 39.2 Å². The molecule has 0 aliphatic carbocycles. The first-order valence-electron chi connectivity index (χ1n) is 8.52. The molecule has 1 unspecified atom stereocenters. The summed E-state index contributed by atoms with van der Waals surface area (Å²) in [7, 11) is 0. The molecule has 0 aromatic heterocycles. The highest BCUT2D eigenvalue weighted by Gasteiger charge is 2.26. The summed E-state index contributed by atoms with van der Waals surface area (Å²) < 4.78 is 6.19. The van der Waals surface area contributed by atoms with Crippen molar-refractivity contribution in [1.29, 1.82) is 0 Å². The Kier molecular flexibility index (Phi) is 4.75. The average molecular weight is 311 g/mol. The molecule has 122 valence electrons. The molecule has 2 aromatic rings. The molecule has 23 heavy (non-hydrogen) atoms. The maximum absolute atomic E-state index is 9.76. The molecule has 0 saturated carbocycles. The van der Waals surface area contributed by atoms with Gasteiger partial charge >= 0.3 is 0 Å². The summed E-state index contributed by atoms with van der Waals surface area (Å²) in [4.78, 5) is 2.37. The molecule has 0 amide bonds. The van der Waals surface area contributed by atoms with E-state index in [9.17, 15) is 5.11 Å². The zero-order chi connectivity index (χ0) is 16.2. The van der Waals surface area contributed by atoms with Crippen LogP contribution in [0.3, 0.4) is 0 Å². The van der Waals surface area contributed by atoms with Gasteiger partial charge in [-0.15, -0.1) is 0 Å². The number of nitrogens with zero attached hydrogens (tertiary/aromatic N) is 1. The van der Waals surface area contributed by atoms with E-state index in [1.54, 1.807) is 12.1 Å². The summed E-state index contributed by atoms with van der Waals surface area (Å²) in [5.74, 6) is 1.05. The van der Waals surface area contributed by atoms with Crippen molar-refractivity contribution in [3.8, 4) is 11.5 Å². The second kappa shape index (κ2) is 6.95. The van der Waals surface area contributed by atoms with Crippen molar-refractivity contribution in [1.82, 2.24) is 0 Å². The van der Waals surface area contributed by atoms with Crippen LogP contribution < -0.4 is 9.64 Å². The lowest BCUT2D eigenvalue weighted by atomic mass is 9.98. The van der Waals surface area contributed by atoms with Gasteiger partial charge in [0, 0.05) is 19.0 Å². The number of hydrogen-bond acceptors (Lipinski definition) is 3. The van der Waals surface area contributed by atoms with E-state index in [2.05, 4.69) is 43.0 Å². The van der Waals surface area contributed by atoms with E-state index in [0.29, 0.717) is 0 Å².